The number of halogens is 2. The molecule has 0 amide bonds. The first kappa shape index (κ1) is 16.2. The minimum absolute atomic E-state index is 0.572. The fraction of sp³-hybridized carbons (Fsp3) is 0.0952. The standard InChI is InChI=1S/C21H16Cl2N2/c1-14-6-4-7-15(12-14)21-24-19-10-2-3-11-20(19)25(21)13-16-17(22)8-5-9-18(16)23/h2-12H,13H2,1H3. The molecular formula is C21H16Cl2N2. The molecule has 0 aliphatic rings. The molecule has 1 heterocycles. The number of rotatable bonds is 3. The maximum atomic E-state index is 6.40. The van der Waals surface area contributed by atoms with Crippen LogP contribution in [0.3, 0.4) is 0 Å². The van der Waals surface area contributed by atoms with Crippen LogP contribution in [0.1, 0.15) is 11.1 Å². The summed E-state index contributed by atoms with van der Waals surface area (Å²) in [6.07, 6.45) is 0. The highest BCUT2D eigenvalue weighted by Crippen LogP contribution is 2.30. The van der Waals surface area contributed by atoms with Gasteiger partial charge in [-0.15, -0.1) is 0 Å². The Morgan fingerprint density at radius 1 is 0.880 bits per heavy atom. The fourth-order valence-electron chi connectivity index (χ4n) is 3.08. The molecule has 0 unspecified atom stereocenters. The Morgan fingerprint density at radius 3 is 2.36 bits per heavy atom. The first-order valence-corrected chi connectivity index (χ1v) is 8.84. The lowest BCUT2D eigenvalue weighted by Gasteiger charge is -2.12. The molecule has 4 rings (SSSR count). The molecule has 0 aliphatic heterocycles. The zero-order valence-electron chi connectivity index (χ0n) is 13.7. The zero-order valence-corrected chi connectivity index (χ0v) is 15.2. The predicted octanol–water partition coefficient (Wildman–Crippen LogP) is 6.37. The quantitative estimate of drug-likeness (QED) is 0.412. The lowest BCUT2D eigenvalue weighted by Crippen LogP contribution is -2.03. The molecular weight excluding hydrogens is 351 g/mol. The number of hydrogen-bond donors (Lipinski definition) is 0. The number of nitrogens with zero attached hydrogens (tertiary/aromatic N) is 2. The number of aryl methyl sites for hydroxylation is 1. The van der Waals surface area contributed by atoms with Crippen LogP contribution < -0.4 is 0 Å². The summed E-state index contributed by atoms with van der Waals surface area (Å²) >= 11 is 12.8. The normalized spacial score (nSPS) is 11.2. The van der Waals surface area contributed by atoms with Crippen LogP contribution in [0.4, 0.5) is 0 Å². The van der Waals surface area contributed by atoms with Gasteiger partial charge in [-0.2, -0.15) is 0 Å². The van der Waals surface area contributed by atoms with Gasteiger partial charge in [0.25, 0.3) is 0 Å². The highest BCUT2D eigenvalue weighted by Gasteiger charge is 2.15. The molecule has 0 aliphatic carbocycles. The van der Waals surface area contributed by atoms with Crippen LogP contribution >= 0.6 is 23.2 Å². The zero-order chi connectivity index (χ0) is 17.4. The molecule has 0 spiro atoms. The van der Waals surface area contributed by atoms with Gasteiger partial charge in [-0.3, -0.25) is 0 Å². The molecule has 0 fully saturated rings. The van der Waals surface area contributed by atoms with Crippen LogP contribution in [0.2, 0.25) is 10.0 Å². The minimum Gasteiger partial charge on any atom is -0.319 e. The van der Waals surface area contributed by atoms with Crippen molar-refractivity contribution in [3.8, 4) is 11.4 Å². The molecule has 0 saturated carbocycles. The summed E-state index contributed by atoms with van der Waals surface area (Å²) in [5, 5.41) is 1.33. The van der Waals surface area contributed by atoms with Crippen LogP contribution in [-0.4, -0.2) is 9.55 Å². The van der Waals surface area contributed by atoms with Crippen molar-refractivity contribution in [1.82, 2.24) is 9.55 Å². The van der Waals surface area contributed by atoms with E-state index in [9.17, 15) is 0 Å². The summed E-state index contributed by atoms with van der Waals surface area (Å²) in [5.74, 6) is 0.917. The lowest BCUT2D eigenvalue weighted by molar-refractivity contribution is 0.834. The van der Waals surface area contributed by atoms with Gasteiger partial charge < -0.3 is 4.57 Å². The lowest BCUT2D eigenvalue weighted by atomic mass is 10.1. The van der Waals surface area contributed by atoms with Gasteiger partial charge in [-0.25, -0.2) is 4.98 Å². The third kappa shape index (κ3) is 3.04. The molecule has 0 saturated heterocycles. The molecule has 0 atom stereocenters. The number of imidazole rings is 1. The summed E-state index contributed by atoms with van der Waals surface area (Å²) in [7, 11) is 0. The predicted molar refractivity (Wildman–Crippen MR) is 105 cm³/mol. The van der Waals surface area contributed by atoms with Gasteiger partial charge in [0.05, 0.1) is 17.6 Å². The Balaban J connectivity index is 1.94. The molecule has 0 bridgehead atoms. The molecule has 25 heavy (non-hydrogen) atoms. The van der Waals surface area contributed by atoms with Crippen LogP contribution in [-0.2, 0) is 6.54 Å². The van der Waals surface area contributed by atoms with E-state index in [-0.39, 0.29) is 0 Å². The molecule has 4 aromatic rings. The van der Waals surface area contributed by atoms with E-state index in [0.29, 0.717) is 16.6 Å². The van der Waals surface area contributed by atoms with Crippen molar-refractivity contribution >= 4 is 34.2 Å². The average Bonchev–Trinajstić information content (AvgIpc) is 2.97. The average molecular weight is 367 g/mol. The number of aromatic nitrogens is 2. The monoisotopic (exact) mass is 366 g/mol. The van der Waals surface area contributed by atoms with Gasteiger partial charge in [-0.05, 0) is 37.3 Å². The molecule has 1 aromatic heterocycles. The van der Waals surface area contributed by atoms with E-state index in [0.717, 1.165) is 28.0 Å². The van der Waals surface area contributed by atoms with Gasteiger partial charge in [0, 0.05) is 21.2 Å². The second-order valence-corrected chi connectivity index (χ2v) is 6.89. The van der Waals surface area contributed by atoms with Crippen molar-refractivity contribution in [1.29, 1.82) is 0 Å². The first-order valence-electron chi connectivity index (χ1n) is 8.08. The van der Waals surface area contributed by atoms with E-state index in [1.807, 2.05) is 36.4 Å². The van der Waals surface area contributed by atoms with E-state index in [2.05, 4.69) is 41.8 Å². The van der Waals surface area contributed by atoms with Crippen LogP contribution in [0.25, 0.3) is 22.4 Å². The molecule has 3 aromatic carbocycles. The maximum absolute atomic E-state index is 6.40. The van der Waals surface area contributed by atoms with Crippen LogP contribution in [0.5, 0.6) is 0 Å². The van der Waals surface area contributed by atoms with Crippen molar-refractivity contribution in [3.63, 3.8) is 0 Å². The Hall–Kier alpha value is -2.29. The van der Waals surface area contributed by atoms with Crippen molar-refractivity contribution in [2.24, 2.45) is 0 Å². The Kier molecular flexibility index (Phi) is 4.24. The molecule has 124 valence electrons. The number of para-hydroxylation sites is 2. The largest absolute Gasteiger partial charge is 0.319 e. The van der Waals surface area contributed by atoms with Crippen LogP contribution in [0, 0.1) is 6.92 Å². The van der Waals surface area contributed by atoms with E-state index >= 15 is 0 Å². The molecule has 0 radical (unpaired) electrons. The third-order valence-corrected chi connectivity index (χ3v) is 5.02. The SMILES string of the molecule is Cc1cccc(-c2nc3ccccc3n2Cc2c(Cl)cccc2Cl)c1. The van der Waals surface area contributed by atoms with E-state index in [1.165, 1.54) is 5.56 Å². The second kappa shape index (κ2) is 6.55. The summed E-state index contributed by atoms with van der Waals surface area (Å²) in [6, 6.07) is 22.1. The van der Waals surface area contributed by atoms with Gasteiger partial charge >= 0.3 is 0 Å². The molecule has 0 N–H and O–H groups in total. The summed E-state index contributed by atoms with van der Waals surface area (Å²) in [6.45, 7) is 2.66. The van der Waals surface area contributed by atoms with Crippen molar-refractivity contribution in [3.05, 3.63) is 87.9 Å². The van der Waals surface area contributed by atoms with E-state index < -0.39 is 0 Å². The Morgan fingerprint density at radius 2 is 1.60 bits per heavy atom. The number of fused-ring (bicyclic) bond motifs is 1. The number of hydrogen-bond acceptors (Lipinski definition) is 1. The topological polar surface area (TPSA) is 17.8 Å². The van der Waals surface area contributed by atoms with E-state index in [1.54, 1.807) is 0 Å². The first-order chi connectivity index (χ1) is 12.1. The second-order valence-electron chi connectivity index (χ2n) is 6.08. The maximum Gasteiger partial charge on any atom is 0.141 e. The van der Waals surface area contributed by atoms with Crippen molar-refractivity contribution in [2.45, 2.75) is 13.5 Å². The third-order valence-electron chi connectivity index (χ3n) is 4.31. The summed E-state index contributed by atoms with van der Waals surface area (Å²) in [4.78, 5) is 4.86. The van der Waals surface area contributed by atoms with Gasteiger partial charge in [0.1, 0.15) is 5.82 Å². The van der Waals surface area contributed by atoms with Crippen molar-refractivity contribution < 1.29 is 0 Å². The molecule has 4 heteroatoms. The fourth-order valence-corrected chi connectivity index (χ4v) is 3.60. The van der Waals surface area contributed by atoms with Crippen molar-refractivity contribution in [2.75, 3.05) is 0 Å². The highest BCUT2D eigenvalue weighted by molar-refractivity contribution is 6.36. The minimum atomic E-state index is 0.572. The summed E-state index contributed by atoms with van der Waals surface area (Å²) < 4.78 is 2.18. The summed E-state index contributed by atoms with van der Waals surface area (Å²) in [5.41, 5.74) is 5.21. The molecule has 2 nitrogen and oxygen atoms in total. The highest BCUT2D eigenvalue weighted by atomic mass is 35.5. The number of benzene rings is 3. The van der Waals surface area contributed by atoms with Gasteiger partial charge in [0.15, 0.2) is 0 Å². The smallest absolute Gasteiger partial charge is 0.141 e. The van der Waals surface area contributed by atoms with Gasteiger partial charge in [0.2, 0.25) is 0 Å². The Labute approximate surface area is 156 Å². The van der Waals surface area contributed by atoms with Crippen LogP contribution in [0.15, 0.2) is 66.7 Å². The van der Waals surface area contributed by atoms with Gasteiger partial charge in [-0.1, -0.05) is 65.2 Å². The Bertz CT molecular complexity index is 1050. The van der Waals surface area contributed by atoms with E-state index in [4.69, 9.17) is 28.2 Å².